The summed E-state index contributed by atoms with van der Waals surface area (Å²) in [7, 11) is 3.43. The molecule has 1 heterocycles. The molecule has 5 heteroatoms. The minimum absolute atomic E-state index is 0.0309. The number of nitrogens with zero attached hydrogens (tertiary/aromatic N) is 2. The van der Waals surface area contributed by atoms with Gasteiger partial charge in [0.1, 0.15) is 5.75 Å². The molecule has 1 saturated heterocycles. The first-order valence-electron chi connectivity index (χ1n) is 6.65. The van der Waals surface area contributed by atoms with E-state index >= 15 is 0 Å². The van der Waals surface area contributed by atoms with Gasteiger partial charge in [-0.25, -0.2) is 0 Å². The molecule has 1 amide bonds. The van der Waals surface area contributed by atoms with E-state index in [-0.39, 0.29) is 11.7 Å². The van der Waals surface area contributed by atoms with E-state index in [9.17, 15) is 9.59 Å². The maximum absolute atomic E-state index is 11.7. The summed E-state index contributed by atoms with van der Waals surface area (Å²) in [6.07, 6.45) is 0. The van der Waals surface area contributed by atoms with Gasteiger partial charge in [0.15, 0.2) is 5.78 Å². The van der Waals surface area contributed by atoms with E-state index in [0.717, 1.165) is 24.4 Å². The lowest BCUT2D eigenvalue weighted by atomic mass is 10.1. The molecule has 0 atom stereocenters. The highest BCUT2D eigenvalue weighted by Crippen LogP contribution is 2.22. The van der Waals surface area contributed by atoms with Crippen molar-refractivity contribution in [2.24, 2.45) is 0 Å². The van der Waals surface area contributed by atoms with Crippen molar-refractivity contribution in [2.75, 3.05) is 33.8 Å². The fourth-order valence-corrected chi connectivity index (χ4v) is 2.30. The van der Waals surface area contributed by atoms with Crippen molar-refractivity contribution >= 4 is 11.7 Å². The van der Waals surface area contributed by atoms with Gasteiger partial charge >= 0.3 is 0 Å². The third-order valence-corrected chi connectivity index (χ3v) is 3.62. The molecule has 0 unspecified atom stereocenters. The molecule has 1 aliphatic rings. The first kappa shape index (κ1) is 14.5. The van der Waals surface area contributed by atoms with E-state index in [4.69, 9.17) is 4.74 Å². The monoisotopic (exact) mass is 276 g/mol. The van der Waals surface area contributed by atoms with Crippen LogP contribution in [0, 0.1) is 0 Å². The summed E-state index contributed by atoms with van der Waals surface area (Å²) in [4.78, 5) is 27.0. The van der Waals surface area contributed by atoms with Gasteiger partial charge in [-0.05, 0) is 25.1 Å². The molecular formula is C15H20N2O3. The molecule has 108 valence electrons. The average Bonchev–Trinajstić information content (AvgIpc) is 2.42. The van der Waals surface area contributed by atoms with Gasteiger partial charge in [-0.1, -0.05) is 0 Å². The van der Waals surface area contributed by atoms with Gasteiger partial charge in [-0.2, -0.15) is 0 Å². The Labute approximate surface area is 119 Å². The van der Waals surface area contributed by atoms with Gasteiger partial charge in [0.05, 0.1) is 13.7 Å². The minimum Gasteiger partial charge on any atom is -0.496 e. The number of methoxy groups -OCH3 is 1. The number of piperazine rings is 1. The fraction of sp³-hybridized carbons (Fsp3) is 0.467. The minimum atomic E-state index is 0.0309. The van der Waals surface area contributed by atoms with Gasteiger partial charge in [-0.3, -0.25) is 14.5 Å². The molecule has 5 nitrogen and oxygen atoms in total. The topological polar surface area (TPSA) is 49.9 Å². The Morgan fingerprint density at radius 1 is 1.35 bits per heavy atom. The number of rotatable bonds is 4. The molecule has 0 aromatic heterocycles. The molecule has 0 aliphatic carbocycles. The standard InChI is InChI=1S/C15H20N2O3/c1-11(18)12-4-5-14(20-3)13(8-12)9-17-7-6-16(2)15(19)10-17/h4-5,8H,6-7,9-10H2,1-3H3. The van der Waals surface area contributed by atoms with Crippen molar-refractivity contribution < 1.29 is 14.3 Å². The second-order valence-corrected chi connectivity index (χ2v) is 5.11. The second-order valence-electron chi connectivity index (χ2n) is 5.11. The van der Waals surface area contributed by atoms with Gasteiger partial charge in [0, 0.05) is 37.8 Å². The Hall–Kier alpha value is -1.88. The van der Waals surface area contributed by atoms with E-state index in [1.54, 1.807) is 25.0 Å². The third-order valence-electron chi connectivity index (χ3n) is 3.62. The van der Waals surface area contributed by atoms with E-state index in [0.29, 0.717) is 18.7 Å². The Balaban J connectivity index is 2.17. The summed E-state index contributed by atoms with van der Waals surface area (Å²) in [5.41, 5.74) is 1.61. The van der Waals surface area contributed by atoms with Crippen LogP contribution in [-0.2, 0) is 11.3 Å². The Morgan fingerprint density at radius 2 is 2.10 bits per heavy atom. The third kappa shape index (κ3) is 3.17. The predicted molar refractivity (Wildman–Crippen MR) is 75.9 cm³/mol. The lowest BCUT2D eigenvalue weighted by molar-refractivity contribution is -0.134. The molecule has 0 N–H and O–H groups in total. The van der Waals surface area contributed by atoms with E-state index < -0.39 is 0 Å². The number of amides is 1. The Morgan fingerprint density at radius 3 is 2.70 bits per heavy atom. The largest absolute Gasteiger partial charge is 0.496 e. The van der Waals surface area contributed by atoms with Crippen LogP contribution in [0.3, 0.4) is 0 Å². The SMILES string of the molecule is COc1ccc(C(C)=O)cc1CN1CCN(C)C(=O)C1. The van der Waals surface area contributed by atoms with Crippen LogP contribution in [0.15, 0.2) is 18.2 Å². The van der Waals surface area contributed by atoms with Gasteiger partial charge < -0.3 is 9.64 Å². The van der Waals surface area contributed by atoms with Gasteiger partial charge in [0.2, 0.25) is 5.91 Å². The molecule has 1 fully saturated rings. The zero-order valence-corrected chi connectivity index (χ0v) is 12.2. The Bertz CT molecular complexity index is 528. The number of likely N-dealkylation sites (N-methyl/N-ethyl adjacent to an activating group) is 1. The maximum atomic E-state index is 11.7. The lowest BCUT2D eigenvalue weighted by Crippen LogP contribution is -2.48. The molecular weight excluding hydrogens is 256 g/mol. The number of benzene rings is 1. The van der Waals surface area contributed by atoms with Crippen LogP contribution in [0.1, 0.15) is 22.8 Å². The number of carbonyl (C=O) groups excluding carboxylic acids is 2. The highest BCUT2D eigenvalue weighted by atomic mass is 16.5. The predicted octanol–water partition coefficient (Wildman–Crippen LogP) is 1.17. The number of ketones is 1. The Kier molecular flexibility index (Phi) is 4.39. The first-order valence-corrected chi connectivity index (χ1v) is 6.65. The maximum Gasteiger partial charge on any atom is 0.236 e. The van der Waals surface area contributed by atoms with Gasteiger partial charge in [-0.15, -0.1) is 0 Å². The zero-order chi connectivity index (χ0) is 14.7. The fourth-order valence-electron chi connectivity index (χ4n) is 2.30. The van der Waals surface area contributed by atoms with Crippen LogP contribution in [0.2, 0.25) is 0 Å². The summed E-state index contributed by atoms with van der Waals surface area (Å²) < 4.78 is 5.34. The number of hydrogen-bond donors (Lipinski definition) is 0. The molecule has 0 spiro atoms. The molecule has 1 aromatic rings. The summed E-state index contributed by atoms with van der Waals surface area (Å²) in [6.45, 7) is 4.13. The van der Waals surface area contributed by atoms with Gasteiger partial charge in [0.25, 0.3) is 0 Å². The number of carbonyl (C=O) groups is 2. The van der Waals surface area contributed by atoms with E-state index in [1.165, 1.54) is 0 Å². The molecule has 0 saturated carbocycles. The van der Waals surface area contributed by atoms with E-state index in [2.05, 4.69) is 4.90 Å². The molecule has 1 aromatic carbocycles. The van der Waals surface area contributed by atoms with E-state index in [1.807, 2.05) is 19.2 Å². The summed E-state index contributed by atoms with van der Waals surface area (Å²) in [5.74, 6) is 0.905. The van der Waals surface area contributed by atoms with Crippen LogP contribution < -0.4 is 4.74 Å². The summed E-state index contributed by atoms with van der Waals surface area (Å²) in [6, 6.07) is 5.42. The van der Waals surface area contributed by atoms with Crippen molar-refractivity contribution in [1.29, 1.82) is 0 Å². The van der Waals surface area contributed by atoms with Crippen LogP contribution >= 0.6 is 0 Å². The highest BCUT2D eigenvalue weighted by Gasteiger charge is 2.22. The van der Waals surface area contributed by atoms with Crippen molar-refractivity contribution in [1.82, 2.24) is 9.80 Å². The van der Waals surface area contributed by atoms with Crippen molar-refractivity contribution in [3.8, 4) is 5.75 Å². The van der Waals surface area contributed by atoms with Crippen molar-refractivity contribution in [3.05, 3.63) is 29.3 Å². The number of hydrogen-bond acceptors (Lipinski definition) is 4. The quantitative estimate of drug-likeness (QED) is 0.775. The highest BCUT2D eigenvalue weighted by molar-refractivity contribution is 5.94. The first-order chi connectivity index (χ1) is 9.51. The molecule has 2 rings (SSSR count). The summed E-state index contributed by atoms with van der Waals surface area (Å²) in [5, 5.41) is 0. The van der Waals surface area contributed by atoms with Crippen LogP contribution in [0.4, 0.5) is 0 Å². The zero-order valence-electron chi connectivity index (χ0n) is 12.2. The molecule has 0 bridgehead atoms. The summed E-state index contributed by atoms with van der Waals surface area (Å²) >= 11 is 0. The molecule has 20 heavy (non-hydrogen) atoms. The lowest BCUT2D eigenvalue weighted by Gasteiger charge is -2.32. The smallest absolute Gasteiger partial charge is 0.236 e. The van der Waals surface area contributed by atoms with Crippen LogP contribution in [-0.4, -0.2) is 55.3 Å². The molecule has 0 radical (unpaired) electrons. The molecule has 1 aliphatic heterocycles. The second kappa shape index (κ2) is 6.05. The number of Topliss-reactive ketones (excluding diaryl/α,β-unsaturated/α-hetero) is 1. The normalized spacial score (nSPS) is 16.4. The van der Waals surface area contributed by atoms with Crippen molar-refractivity contribution in [3.63, 3.8) is 0 Å². The average molecular weight is 276 g/mol. The van der Waals surface area contributed by atoms with Crippen LogP contribution in [0.25, 0.3) is 0 Å². The number of ether oxygens (including phenoxy) is 1. The van der Waals surface area contributed by atoms with Crippen molar-refractivity contribution in [2.45, 2.75) is 13.5 Å². The van der Waals surface area contributed by atoms with Crippen LogP contribution in [0.5, 0.6) is 5.75 Å².